The Balaban J connectivity index is 1.56. The first-order valence-corrected chi connectivity index (χ1v) is 12.3. The summed E-state index contributed by atoms with van der Waals surface area (Å²) in [4.78, 5) is 18.4. The number of aromatic nitrogens is 1. The van der Waals surface area contributed by atoms with Crippen LogP contribution in [0.2, 0.25) is 0 Å². The number of carbonyl (C=O) groups excluding carboxylic acids is 1. The van der Waals surface area contributed by atoms with Gasteiger partial charge in [0.1, 0.15) is 17.1 Å². The SMILES string of the molecule is O=C(CCS(=O)(=O)Cc1ccccc1)N(Cc1ccco1)c1nc2c(F)cc(F)cc2s1. The molecule has 0 fully saturated rings. The van der Waals surface area contributed by atoms with Crippen LogP contribution in [0.15, 0.2) is 65.3 Å². The van der Waals surface area contributed by atoms with E-state index in [0.29, 0.717) is 11.3 Å². The normalized spacial score (nSPS) is 11.7. The number of fused-ring (bicyclic) bond motifs is 1. The molecule has 166 valence electrons. The highest BCUT2D eigenvalue weighted by Crippen LogP contribution is 2.32. The van der Waals surface area contributed by atoms with Crippen molar-refractivity contribution in [3.8, 4) is 0 Å². The molecule has 6 nitrogen and oxygen atoms in total. The van der Waals surface area contributed by atoms with Crippen molar-refractivity contribution in [2.24, 2.45) is 0 Å². The number of halogens is 2. The lowest BCUT2D eigenvalue weighted by Gasteiger charge is -2.18. The highest BCUT2D eigenvalue weighted by atomic mass is 32.2. The third-order valence-electron chi connectivity index (χ3n) is 4.68. The molecule has 0 bridgehead atoms. The van der Waals surface area contributed by atoms with Crippen molar-refractivity contribution in [2.75, 3.05) is 10.7 Å². The number of thiazole rings is 1. The molecule has 4 aromatic rings. The molecule has 2 aromatic heterocycles. The number of amides is 1. The quantitative estimate of drug-likeness (QED) is 0.368. The van der Waals surface area contributed by atoms with E-state index in [1.54, 1.807) is 42.5 Å². The maximum Gasteiger partial charge on any atom is 0.230 e. The number of rotatable bonds is 8. The molecule has 32 heavy (non-hydrogen) atoms. The predicted octanol–water partition coefficient (Wildman–Crippen LogP) is 4.71. The molecular weight excluding hydrogens is 458 g/mol. The molecular formula is C22H18F2N2O4S2. The minimum atomic E-state index is -3.54. The van der Waals surface area contributed by atoms with Crippen LogP contribution in [0, 0.1) is 11.6 Å². The maximum absolute atomic E-state index is 14.1. The Bertz CT molecular complexity index is 1340. The lowest BCUT2D eigenvalue weighted by molar-refractivity contribution is -0.118. The molecule has 0 N–H and O–H groups in total. The second-order valence-electron chi connectivity index (χ2n) is 7.12. The number of nitrogens with zero attached hydrogens (tertiary/aromatic N) is 2. The number of anilines is 1. The van der Waals surface area contributed by atoms with E-state index in [-0.39, 0.29) is 39.8 Å². The highest BCUT2D eigenvalue weighted by molar-refractivity contribution is 7.90. The Labute approximate surface area is 187 Å². The zero-order chi connectivity index (χ0) is 22.7. The molecule has 0 atom stereocenters. The van der Waals surface area contributed by atoms with Gasteiger partial charge in [-0.15, -0.1) is 0 Å². The first-order chi connectivity index (χ1) is 15.3. The van der Waals surface area contributed by atoms with E-state index < -0.39 is 27.4 Å². The Morgan fingerprint density at radius 3 is 2.59 bits per heavy atom. The molecule has 2 heterocycles. The number of furan rings is 1. The molecule has 0 aliphatic rings. The Morgan fingerprint density at radius 2 is 1.88 bits per heavy atom. The van der Waals surface area contributed by atoms with Gasteiger partial charge < -0.3 is 4.42 Å². The first-order valence-electron chi connectivity index (χ1n) is 9.63. The molecule has 0 unspecified atom stereocenters. The van der Waals surface area contributed by atoms with Gasteiger partial charge in [0.15, 0.2) is 20.8 Å². The number of hydrogen-bond acceptors (Lipinski definition) is 6. The van der Waals surface area contributed by atoms with Crippen molar-refractivity contribution in [1.29, 1.82) is 0 Å². The van der Waals surface area contributed by atoms with Crippen LogP contribution in [-0.2, 0) is 26.9 Å². The van der Waals surface area contributed by atoms with E-state index in [2.05, 4.69) is 4.98 Å². The summed E-state index contributed by atoms with van der Waals surface area (Å²) in [6.07, 6.45) is 1.15. The lowest BCUT2D eigenvalue weighted by Crippen LogP contribution is -2.31. The Morgan fingerprint density at radius 1 is 1.09 bits per heavy atom. The van der Waals surface area contributed by atoms with Crippen molar-refractivity contribution in [2.45, 2.75) is 18.7 Å². The van der Waals surface area contributed by atoms with Gasteiger partial charge in [-0.25, -0.2) is 22.2 Å². The molecule has 10 heteroatoms. The minimum Gasteiger partial charge on any atom is -0.467 e. The van der Waals surface area contributed by atoms with Crippen LogP contribution in [0.3, 0.4) is 0 Å². The zero-order valence-corrected chi connectivity index (χ0v) is 18.3. The van der Waals surface area contributed by atoms with E-state index in [9.17, 15) is 22.0 Å². The number of sulfone groups is 1. The molecule has 0 aliphatic carbocycles. The van der Waals surface area contributed by atoms with Gasteiger partial charge in [0.05, 0.1) is 29.0 Å². The van der Waals surface area contributed by atoms with Crippen LogP contribution in [0.5, 0.6) is 0 Å². The number of hydrogen-bond donors (Lipinski definition) is 0. The average Bonchev–Trinajstić information content (AvgIpc) is 3.40. The van der Waals surface area contributed by atoms with E-state index >= 15 is 0 Å². The van der Waals surface area contributed by atoms with Crippen LogP contribution in [-0.4, -0.2) is 25.1 Å². The molecule has 2 aromatic carbocycles. The highest BCUT2D eigenvalue weighted by Gasteiger charge is 2.24. The summed E-state index contributed by atoms with van der Waals surface area (Å²) in [6.45, 7) is -0.0194. The fraction of sp³-hybridized carbons (Fsp3) is 0.182. The largest absolute Gasteiger partial charge is 0.467 e. The van der Waals surface area contributed by atoms with Gasteiger partial charge in [0.25, 0.3) is 0 Å². The van der Waals surface area contributed by atoms with Gasteiger partial charge in [-0.2, -0.15) is 0 Å². The van der Waals surface area contributed by atoms with E-state index in [1.165, 1.54) is 11.2 Å². The third kappa shape index (κ3) is 5.20. The molecule has 0 spiro atoms. The van der Waals surface area contributed by atoms with Gasteiger partial charge in [0, 0.05) is 12.5 Å². The van der Waals surface area contributed by atoms with Crippen molar-refractivity contribution in [1.82, 2.24) is 4.98 Å². The van der Waals surface area contributed by atoms with Gasteiger partial charge in [-0.3, -0.25) is 9.69 Å². The summed E-state index contributed by atoms with van der Waals surface area (Å²) >= 11 is 0.943. The minimum absolute atomic E-state index is 0.0194. The molecule has 0 aliphatic heterocycles. The number of benzene rings is 2. The van der Waals surface area contributed by atoms with Crippen LogP contribution in [0.1, 0.15) is 17.7 Å². The topological polar surface area (TPSA) is 80.5 Å². The summed E-state index contributed by atoms with van der Waals surface area (Å²) < 4.78 is 58.3. The van der Waals surface area contributed by atoms with Gasteiger partial charge >= 0.3 is 0 Å². The summed E-state index contributed by atoms with van der Waals surface area (Å²) in [6, 6.07) is 13.9. The van der Waals surface area contributed by atoms with Gasteiger partial charge in [0.2, 0.25) is 5.91 Å². The third-order valence-corrected chi connectivity index (χ3v) is 7.31. The van der Waals surface area contributed by atoms with Gasteiger partial charge in [-0.1, -0.05) is 41.7 Å². The van der Waals surface area contributed by atoms with E-state index in [4.69, 9.17) is 4.42 Å². The zero-order valence-electron chi connectivity index (χ0n) is 16.7. The smallest absolute Gasteiger partial charge is 0.230 e. The van der Waals surface area contributed by atoms with Crippen LogP contribution >= 0.6 is 11.3 Å². The fourth-order valence-corrected chi connectivity index (χ4v) is 5.51. The van der Waals surface area contributed by atoms with Crippen molar-refractivity contribution in [3.63, 3.8) is 0 Å². The van der Waals surface area contributed by atoms with Crippen LogP contribution < -0.4 is 4.90 Å². The maximum atomic E-state index is 14.1. The second kappa shape index (κ2) is 9.17. The van der Waals surface area contributed by atoms with E-state index in [0.717, 1.165) is 23.5 Å². The fourth-order valence-electron chi connectivity index (χ4n) is 3.16. The number of carbonyl (C=O) groups is 1. The molecule has 1 amide bonds. The van der Waals surface area contributed by atoms with Crippen molar-refractivity contribution >= 4 is 42.4 Å². The van der Waals surface area contributed by atoms with Crippen LogP contribution in [0.25, 0.3) is 10.2 Å². The standard InChI is InChI=1S/C22H18F2N2O4S2/c23-16-11-18(24)21-19(12-16)31-22(25-21)26(13-17-7-4-9-30-17)20(27)8-10-32(28,29)14-15-5-2-1-3-6-15/h1-7,9,11-12H,8,10,13-14H2. The Kier molecular flexibility index (Phi) is 6.33. The summed E-state index contributed by atoms with van der Waals surface area (Å²) in [5.41, 5.74) is 0.580. The van der Waals surface area contributed by atoms with E-state index in [1.807, 2.05) is 0 Å². The monoisotopic (exact) mass is 476 g/mol. The summed E-state index contributed by atoms with van der Waals surface area (Å²) in [5.74, 6) is -2.19. The Hall–Kier alpha value is -3.11. The lowest BCUT2D eigenvalue weighted by atomic mass is 10.2. The van der Waals surface area contributed by atoms with Gasteiger partial charge in [-0.05, 0) is 23.8 Å². The van der Waals surface area contributed by atoms with Crippen molar-refractivity contribution in [3.05, 3.63) is 83.8 Å². The molecule has 4 rings (SSSR count). The van der Waals surface area contributed by atoms with Crippen LogP contribution in [0.4, 0.5) is 13.9 Å². The first kappa shape index (κ1) is 22.1. The predicted molar refractivity (Wildman–Crippen MR) is 118 cm³/mol. The molecule has 0 saturated heterocycles. The molecule has 0 radical (unpaired) electrons. The van der Waals surface area contributed by atoms with Crippen molar-refractivity contribution < 1.29 is 26.4 Å². The molecule has 0 saturated carbocycles. The average molecular weight is 477 g/mol. The second-order valence-corrected chi connectivity index (χ2v) is 10.3. The summed E-state index contributed by atoms with van der Waals surface area (Å²) in [5, 5.41) is 0.131. The summed E-state index contributed by atoms with van der Waals surface area (Å²) in [7, 11) is -3.54.